The van der Waals surface area contributed by atoms with Crippen molar-refractivity contribution in [3.05, 3.63) is 88.7 Å². The molecule has 132 valence electrons. The molecule has 2 aromatic carbocycles. The molecule has 3 aromatic rings. The Morgan fingerprint density at radius 2 is 1.63 bits per heavy atom. The summed E-state index contributed by atoms with van der Waals surface area (Å²) in [7, 11) is 0. The van der Waals surface area contributed by atoms with Gasteiger partial charge >= 0.3 is 0 Å². The van der Waals surface area contributed by atoms with Crippen molar-refractivity contribution in [2.75, 3.05) is 10.2 Å². The van der Waals surface area contributed by atoms with Gasteiger partial charge in [0.1, 0.15) is 5.69 Å². The van der Waals surface area contributed by atoms with Gasteiger partial charge in [-0.15, -0.1) is 0 Å². The summed E-state index contributed by atoms with van der Waals surface area (Å²) in [4.78, 5) is 42.2. The van der Waals surface area contributed by atoms with Crippen LogP contribution in [0.4, 0.5) is 11.4 Å². The number of nitrogens with zero attached hydrogens (tertiary/aromatic N) is 2. The number of carbonyl (C=O) groups is 3. The second kappa shape index (κ2) is 6.66. The van der Waals surface area contributed by atoms with Gasteiger partial charge in [-0.25, -0.2) is 4.90 Å². The fraction of sp³-hybridized carbons (Fsp3) is 0. The third-order valence-corrected chi connectivity index (χ3v) is 4.39. The first-order valence-electron chi connectivity index (χ1n) is 8.05. The standard InChI is InChI=1S/C20H12ClN3O3/c21-13-5-3-12(4-6-13)18(25)23-14-7-9-15(10-8-14)24-19(26)16-2-1-11-22-17(16)20(24)27/h1-11H,(H,23,25). The lowest BCUT2D eigenvalue weighted by atomic mass is 10.2. The topological polar surface area (TPSA) is 79.4 Å². The van der Waals surface area contributed by atoms with Crippen LogP contribution in [0, 0.1) is 0 Å². The maximum absolute atomic E-state index is 12.5. The molecule has 0 aliphatic carbocycles. The summed E-state index contributed by atoms with van der Waals surface area (Å²) in [6, 6.07) is 16.1. The smallest absolute Gasteiger partial charge is 0.284 e. The quantitative estimate of drug-likeness (QED) is 0.704. The summed E-state index contributed by atoms with van der Waals surface area (Å²) in [6.07, 6.45) is 1.48. The van der Waals surface area contributed by atoms with E-state index in [4.69, 9.17) is 11.6 Å². The van der Waals surface area contributed by atoms with E-state index in [1.165, 1.54) is 6.20 Å². The molecular formula is C20H12ClN3O3. The number of aromatic nitrogens is 1. The van der Waals surface area contributed by atoms with Crippen molar-refractivity contribution in [1.29, 1.82) is 0 Å². The maximum atomic E-state index is 12.5. The van der Waals surface area contributed by atoms with Crippen LogP contribution in [0.1, 0.15) is 31.2 Å². The third-order valence-electron chi connectivity index (χ3n) is 4.14. The lowest BCUT2D eigenvalue weighted by Crippen LogP contribution is -2.29. The molecule has 0 unspecified atom stereocenters. The normalized spacial score (nSPS) is 12.9. The van der Waals surface area contributed by atoms with E-state index in [2.05, 4.69) is 10.3 Å². The number of nitrogens with one attached hydrogen (secondary N) is 1. The van der Waals surface area contributed by atoms with Crippen molar-refractivity contribution >= 4 is 40.7 Å². The van der Waals surface area contributed by atoms with E-state index in [9.17, 15) is 14.4 Å². The number of benzene rings is 2. The summed E-state index contributed by atoms with van der Waals surface area (Å²) in [5.41, 5.74) is 1.83. The van der Waals surface area contributed by atoms with E-state index in [-0.39, 0.29) is 17.2 Å². The van der Waals surface area contributed by atoms with Gasteiger partial charge in [0.25, 0.3) is 17.7 Å². The highest BCUT2D eigenvalue weighted by Gasteiger charge is 2.37. The molecule has 4 rings (SSSR count). The highest BCUT2D eigenvalue weighted by atomic mass is 35.5. The highest BCUT2D eigenvalue weighted by molar-refractivity contribution is 6.33. The Bertz CT molecular complexity index is 1030. The molecule has 1 aliphatic rings. The summed E-state index contributed by atoms with van der Waals surface area (Å²) in [5, 5.41) is 3.30. The zero-order chi connectivity index (χ0) is 19.0. The molecule has 6 nitrogen and oxygen atoms in total. The Hall–Kier alpha value is -3.51. The number of fused-ring (bicyclic) bond motifs is 1. The molecule has 0 radical (unpaired) electrons. The number of hydrogen-bond acceptors (Lipinski definition) is 4. The van der Waals surface area contributed by atoms with E-state index in [0.29, 0.717) is 22.0 Å². The van der Waals surface area contributed by atoms with Gasteiger partial charge in [-0.3, -0.25) is 19.4 Å². The SMILES string of the molecule is O=C(Nc1ccc(N2C(=O)c3cccnc3C2=O)cc1)c1ccc(Cl)cc1. The summed E-state index contributed by atoms with van der Waals surface area (Å²) in [5.74, 6) is -1.17. The van der Waals surface area contributed by atoms with Gasteiger partial charge in [0, 0.05) is 22.5 Å². The fourth-order valence-electron chi connectivity index (χ4n) is 2.80. The first-order valence-corrected chi connectivity index (χ1v) is 8.43. The van der Waals surface area contributed by atoms with Gasteiger partial charge in [0.15, 0.2) is 0 Å². The summed E-state index contributed by atoms with van der Waals surface area (Å²) < 4.78 is 0. The molecule has 2 heterocycles. The number of halogens is 1. The zero-order valence-corrected chi connectivity index (χ0v) is 14.6. The average Bonchev–Trinajstić information content (AvgIpc) is 2.94. The van der Waals surface area contributed by atoms with E-state index in [1.54, 1.807) is 60.7 Å². The molecule has 1 aliphatic heterocycles. The van der Waals surface area contributed by atoms with Crippen LogP contribution in [0.3, 0.4) is 0 Å². The molecule has 0 atom stereocenters. The molecule has 1 N–H and O–H groups in total. The van der Waals surface area contributed by atoms with Crippen LogP contribution in [0.15, 0.2) is 66.9 Å². The van der Waals surface area contributed by atoms with Crippen molar-refractivity contribution < 1.29 is 14.4 Å². The highest BCUT2D eigenvalue weighted by Crippen LogP contribution is 2.28. The zero-order valence-electron chi connectivity index (χ0n) is 13.8. The van der Waals surface area contributed by atoms with Gasteiger partial charge in [-0.1, -0.05) is 11.6 Å². The Morgan fingerprint density at radius 1 is 0.926 bits per heavy atom. The van der Waals surface area contributed by atoms with Gasteiger partial charge in [-0.2, -0.15) is 0 Å². The molecular weight excluding hydrogens is 366 g/mol. The van der Waals surface area contributed by atoms with E-state index in [0.717, 1.165) is 4.90 Å². The molecule has 3 amide bonds. The van der Waals surface area contributed by atoms with Gasteiger partial charge < -0.3 is 5.32 Å². The first kappa shape index (κ1) is 16.9. The van der Waals surface area contributed by atoms with Crippen molar-refractivity contribution in [2.24, 2.45) is 0 Å². The number of anilines is 2. The van der Waals surface area contributed by atoms with Gasteiger partial charge in [0.2, 0.25) is 0 Å². The second-order valence-corrected chi connectivity index (χ2v) is 6.29. The largest absolute Gasteiger partial charge is 0.322 e. The lowest BCUT2D eigenvalue weighted by molar-refractivity contribution is 0.0923. The van der Waals surface area contributed by atoms with Crippen LogP contribution in [0.25, 0.3) is 0 Å². The Kier molecular flexibility index (Phi) is 4.18. The van der Waals surface area contributed by atoms with Crippen molar-refractivity contribution in [1.82, 2.24) is 4.98 Å². The van der Waals surface area contributed by atoms with Crippen LogP contribution in [-0.2, 0) is 0 Å². The maximum Gasteiger partial charge on any atom is 0.284 e. The minimum absolute atomic E-state index is 0.141. The minimum atomic E-state index is -0.464. The van der Waals surface area contributed by atoms with Crippen LogP contribution >= 0.6 is 11.6 Å². The first-order chi connectivity index (χ1) is 13.0. The Morgan fingerprint density at radius 3 is 2.30 bits per heavy atom. The van der Waals surface area contributed by atoms with Crippen LogP contribution in [0.5, 0.6) is 0 Å². The van der Waals surface area contributed by atoms with Crippen molar-refractivity contribution in [3.8, 4) is 0 Å². The fourth-order valence-corrected chi connectivity index (χ4v) is 2.93. The van der Waals surface area contributed by atoms with Gasteiger partial charge in [0.05, 0.1) is 11.3 Å². The number of carbonyl (C=O) groups excluding carboxylic acids is 3. The molecule has 0 saturated carbocycles. The summed E-state index contributed by atoms with van der Waals surface area (Å²) >= 11 is 5.82. The average molecular weight is 378 g/mol. The molecule has 0 saturated heterocycles. The summed E-state index contributed by atoms with van der Waals surface area (Å²) in [6.45, 7) is 0. The number of imide groups is 1. The minimum Gasteiger partial charge on any atom is -0.322 e. The van der Waals surface area contributed by atoms with Crippen LogP contribution in [-0.4, -0.2) is 22.7 Å². The Labute approximate surface area is 159 Å². The number of rotatable bonds is 3. The molecule has 27 heavy (non-hydrogen) atoms. The van der Waals surface area contributed by atoms with Crippen molar-refractivity contribution in [2.45, 2.75) is 0 Å². The number of hydrogen-bond donors (Lipinski definition) is 1. The molecule has 7 heteroatoms. The molecule has 0 bridgehead atoms. The lowest BCUT2D eigenvalue weighted by Gasteiger charge is -2.14. The predicted octanol–water partition coefficient (Wildman–Crippen LogP) is 3.79. The number of pyridine rings is 1. The Balaban J connectivity index is 1.53. The van der Waals surface area contributed by atoms with Crippen molar-refractivity contribution in [3.63, 3.8) is 0 Å². The monoisotopic (exact) mass is 377 g/mol. The van der Waals surface area contributed by atoms with E-state index in [1.807, 2.05) is 0 Å². The third kappa shape index (κ3) is 3.07. The van der Waals surface area contributed by atoms with E-state index < -0.39 is 11.8 Å². The molecule has 0 fully saturated rings. The van der Waals surface area contributed by atoms with Gasteiger partial charge in [-0.05, 0) is 60.7 Å². The number of amides is 3. The van der Waals surface area contributed by atoms with E-state index >= 15 is 0 Å². The van der Waals surface area contributed by atoms with Crippen LogP contribution in [0.2, 0.25) is 5.02 Å². The molecule has 0 spiro atoms. The molecule has 1 aromatic heterocycles. The van der Waals surface area contributed by atoms with Crippen LogP contribution < -0.4 is 10.2 Å². The second-order valence-electron chi connectivity index (χ2n) is 5.85. The predicted molar refractivity (Wildman–Crippen MR) is 101 cm³/mol.